The predicted molar refractivity (Wildman–Crippen MR) is 107 cm³/mol. The number of hydrogen-bond donors (Lipinski definition) is 0. The smallest absolute Gasteiger partial charge is 0.258 e. The number of carbonyl (C=O) groups excluding carboxylic acids is 1. The molecule has 2 aromatic carbocycles. The number of amides is 1. The van der Waals surface area contributed by atoms with Crippen molar-refractivity contribution >= 4 is 34.8 Å². The van der Waals surface area contributed by atoms with Crippen molar-refractivity contribution in [3.63, 3.8) is 0 Å². The molecule has 2 rings (SSSR count). The number of rotatable bonds is 7. The van der Waals surface area contributed by atoms with Crippen LogP contribution in [0.5, 0.6) is 0 Å². The molecule has 0 bridgehead atoms. The summed E-state index contributed by atoms with van der Waals surface area (Å²) in [4.78, 5) is 17.2. The van der Waals surface area contributed by atoms with Gasteiger partial charge in [0.25, 0.3) is 5.91 Å². The van der Waals surface area contributed by atoms with Gasteiger partial charge in [-0.3, -0.25) is 4.79 Å². The van der Waals surface area contributed by atoms with E-state index in [1.807, 2.05) is 31.2 Å². The Hall–Kier alpha value is -1.55. The highest BCUT2D eigenvalue weighted by molar-refractivity contribution is 6.42. The maximum Gasteiger partial charge on any atom is 0.258 e. The van der Waals surface area contributed by atoms with Gasteiger partial charge in [-0.25, -0.2) is 0 Å². The number of likely N-dealkylation sites (N-methyl/N-ethyl adjacent to an activating group) is 1. The number of anilines is 1. The Kier molecular flexibility index (Phi) is 7.30. The molecule has 0 aliphatic heterocycles. The van der Waals surface area contributed by atoms with Crippen molar-refractivity contribution in [3.8, 4) is 0 Å². The van der Waals surface area contributed by atoms with Crippen molar-refractivity contribution in [2.24, 2.45) is 0 Å². The van der Waals surface area contributed by atoms with Crippen molar-refractivity contribution in [2.45, 2.75) is 20.8 Å². The van der Waals surface area contributed by atoms with E-state index >= 15 is 0 Å². The molecule has 0 fully saturated rings. The van der Waals surface area contributed by atoms with E-state index in [0.29, 0.717) is 22.2 Å². The zero-order valence-electron chi connectivity index (χ0n) is 14.9. The second-order valence-electron chi connectivity index (χ2n) is 5.95. The van der Waals surface area contributed by atoms with Crippen molar-refractivity contribution < 1.29 is 4.79 Å². The van der Waals surface area contributed by atoms with Crippen LogP contribution in [-0.2, 0) is 0 Å². The highest BCUT2D eigenvalue weighted by atomic mass is 35.5. The molecule has 0 spiro atoms. The minimum absolute atomic E-state index is 0.0745. The number of benzene rings is 2. The van der Waals surface area contributed by atoms with E-state index < -0.39 is 0 Å². The monoisotopic (exact) mass is 378 g/mol. The zero-order valence-corrected chi connectivity index (χ0v) is 16.4. The molecule has 0 radical (unpaired) electrons. The van der Waals surface area contributed by atoms with Gasteiger partial charge >= 0.3 is 0 Å². The molecule has 0 saturated heterocycles. The molecule has 3 nitrogen and oxygen atoms in total. The lowest BCUT2D eigenvalue weighted by Crippen LogP contribution is -2.38. The molecule has 0 atom stereocenters. The van der Waals surface area contributed by atoms with E-state index in [1.54, 1.807) is 23.1 Å². The summed E-state index contributed by atoms with van der Waals surface area (Å²) in [5, 5.41) is 0.836. The topological polar surface area (TPSA) is 23.6 Å². The van der Waals surface area contributed by atoms with Crippen LogP contribution in [0, 0.1) is 6.92 Å². The highest BCUT2D eigenvalue weighted by Crippen LogP contribution is 2.25. The van der Waals surface area contributed by atoms with Crippen LogP contribution in [-0.4, -0.2) is 37.0 Å². The van der Waals surface area contributed by atoms with E-state index in [4.69, 9.17) is 23.2 Å². The molecule has 25 heavy (non-hydrogen) atoms. The molecule has 0 aliphatic rings. The van der Waals surface area contributed by atoms with Gasteiger partial charge in [0.2, 0.25) is 0 Å². The third-order valence-electron chi connectivity index (χ3n) is 4.29. The van der Waals surface area contributed by atoms with Crippen LogP contribution in [0.4, 0.5) is 5.69 Å². The molecule has 5 heteroatoms. The van der Waals surface area contributed by atoms with Crippen molar-refractivity contribution in [1.29, 1.82) is 0 Å². The minimum Gasteiger partial charge on any atom is -0.307 e. The fourth-order valence-electron chi connectivity index (χ4n) is 2.64. The van der Waals surface area contributed by atoms with Crippen LogP contribution in [0.2, 0.25) is 10.0 Å². The summed E-state index contributed by atoms with van der Waals surface area (Å²) >= 11 is 12.1. The van der Waals surface area contributed by atoms with Crippen molar-refractivity contribution in [3.05, 3.63) is 63.6 Å². The number of aryl methyl sites for hydroxylation is 1. The summed E-state index contributed by atoms with van der Waals surface area (Å²) in [5.74, 6) is -0.0745. The molecule has 0 aliphatic carbocycles. The normalized spacial score (nSPS) is 11.0. The Bertz CT molecular complexity index is 712. The van der Waals surface area contributed by atoms with Crippen LogP contribution in [0.15, 0.2) is 42.5 Å². The Morgan fingerprint density at radius 2 is 1.56 bits per heavy atom. The predicted octanol–water partition coefficient (Wildman–Crippen LogP) is 5.29. The Labute approximate surface area is 160 Å². The van der Waals surface area contributed by atoms with E-state index in [-0.39, 0.29) is 5.91 Å². The lowest BCUT2D eigenvalue weighted by atomic mass is 10.1. The first-order valence-electron chi connectivity index (χ1n) is 8.52. The molecular formula is C20H24Cl2N2O. The third kappa shape index (κ3) is 5.21. The second-order valence-corrected chi connectivity index (χ2v) is 6.76. The first kappa shape index (κ1) is 19.8. The molecule has 134 valence electrons. The first-order chi connectivity index (χ1) is 12.0. The van der Waals surface area contributed by atoms with Crippen LogP contribution in [0.25, 0.3) is 0 Å². The summed E-state index contributed by atoms with van der Waals surface area (Å²) in [6.45, 7) is 9.63. The standard InChI is InChI=1S/C20H24Cl2N2O/c1-4-23(5-2)12-13-24(17-9-6-15(3)7-10-17)20(25)16-8-11-18(21)19(22)14-16/h6-11,14H,4-5,12-13H2,1-3H3. The Balaban J connectivity index is 2.30. The molecule has 0 N–H and O–H groups in total. The van der Waals surface area contributed by atoms with Gasteiger partial charge in [0, 0.05) is 24.3 Å². The fourth-order valence-corrected chi connectivity index (χ4v) is 2.94. The van der Waals surface area contributed by atoms with Gasteiger partial charge in [-0.15, -0.1) is 0 Å². The molecule has 0 saturated carbocycles. The van der Waals surface area contributed by atoms with Crippen LogP contribution in [0.1, 0.15) is 29.8 Å². The molecule has 1 amide bonds. The molecular weight excluding hydrogens is 355 g/mol. The van der Waals surface area contributed by atoms with E-state index in [1.165, 1.54) is 0 Å². The Morgan fingerprint density at radius 1 is 0.920 bits per heavy atom. The van der Waals surface area contributed by atoms with Gasteiger partial charge in [0.15, 0.2) is 0 Å². The summed E-state index contributed by atoms with van der Waals surface area (Å²) < 4.78 is 0. The van der Waals surface area contributed by atoms with Crippen molar-refractivity contribution in [1.82, 2.24) is 4.90 Å². The summed E-state index contributed by atoms with van der Waals surface area (Å²) in [5.41, 5.74) is 2.58. The van der Waals surface area contributed by atoms with Crippen LogP contribution in [0.3, 0.4) is 0 Å². The third-order valence-corrected chi connectivity index (χ3v) is 5.03. The lowest BCUT2D eigenvalue weighted by molar-refractivity contribution is 0.0984. The van der Waals surface area contributed by atoms with E-state index in [0.717, 1.165) is 30.9 Å². The molecule has 0 aromatic heterocycles. The molecule has 2 aromatic rings. The van der Waals surface area contributed by atoms with Gasteiger partial charge in [0.05, 0.1) is 10.0 Å². The van der Waals surface area contributed by atoms with Gasteiger partial charge in [-0.05, 0) is 50.3 Å². The second kappa shape index (κ2) is 9.23. The van der Waals surface area contributed by atoms with Gasteiger partial charge < -0.3 is 9.80 Å². The number of carbonyl (C=O) groups is 1. The average molecular weight is 379 g/mol. The SMILES string of the molecule is CCN(CC)CCN(C(=O)c1ccc(Cl)c(Cl)c1)c1ccc(C)cc1. The van der Waals surface area contributed by atoms with Crippen molar-refractivity contribution in [2.75, 3.05) is 31.1 Å². The number of halogens is 2. The maximum absolute atomic E-state index is 13.1. The quantitative estimate of drug-likeness (QED) is 0.653. The van der Waals surface area contributed by atoms with Gasteiger partial charge in [0.1, 0.15) is 0 Å². The van der Waals surface area contributed by atoms with Gasteiger partial charge in [-0.2, -0.15) is 0 Å². The molecule has 0 heterocycles. The zero-order chi connectivity index (χ0) is 18.4. The van der Waals surface area contributed by atoms with Crippen LogP contribution < -0.4 is 4.90 Å². The minimum atomic E-state index is -0.0745. The first-order valence-corrected chi connectivity index (χ1v) is 9.27. The Morgan fingerprint density at radius 3 is 2.12 bits per heavy atom. The number of hydrogen-bond acceptors (Lipinski definition) is 2. The summed E-state index contributed by atoms with van der Waals surface area (Å²) in [6.07, 6.45) is 0. The highest BCUT2D eigenvalue weighted by Gasteiger charge is 2.19. The summed E-state index contributed by atoms with van der Waals surface area (Å²) in [7, 11) is 0. The lowest BCUT2D eigenvalue weighted by Gasteiger charge is -2.27. The average Bonchev–Trinajstić information content (AvgIpc) is 2.62. The van der Waals surface area contributed by atoms with Gasteiger partial charge in [-0.1, -0.05) is 54.7 Å². The molecule has 0 unspecified atom stereocenters. The van der Waals surface area contributed by atoms with E-state index in [9.17, 15) is 4.79 Å². The van der Waals surface area contributed by atoms with Crippen LogP contribution >= 0.6 is 23.2 Å². The fraction of sp³-hybridized carbons (Fsp3) is 0.350. The van der Waals surface area contributed by atoms with E-state index in [2.05, 4.69) is 18.7 Å². The number of nitrogens with zero attached hydrogens (tertiary/aromatic N) is 2. The maximum atomic E-state index is 13.1. The largest absolute Gasteiger partial charge is 0.307 e. The summed E-state index contributed by atoms with van der Waals surface area (Å²) in [6, 6.07) is 13.0.